The maximum absolute atomic E-state index is 11.4. The molecule has 1 N–H and O–H groups in total. The molecule has 15 heavy (non-hydrogen) atoms. The van der Waals surface area contributed by atoms with Crippen LogP contribution in [0.15, 0.2) is 18.2 Å². The second kappa shape index (κ2) is 5.24. The molecule has 0 aliphatic carbocycles. The van der Waals surface area contributed by atoms with E-state index in [4.69, 9.17) is 9.47 Å². The number of hydrogen-bond donors (Lipinski definition) is 1. The molecular weight excluding hydrogens is 196 g/mol. The molecule has 1 rings (SSSR count). The monoisotopic (exact) mass is 210 g/mol. The van der Waals surface area contributed by atoms with E-state index in [2.05, 4.69) is 0 Å². The van der Waals surface area contributed by atoms with Crippen molar-refractivity contribution in [3.63, 3.8) is 0 Å². The van der Waals surface area contributed by atoms with Crippen molar-refractivity contribution in [1.82, 2.24) is 0 Å². The fourth-order valence-corrected chi connectivity index (χ4v) is 1.08. The molecule has 1 aromatic carbocycles. The maximum atomic E-state index is 11.4. The first-order valence-electron chi connectivity index (χ1n) is 4.73. The minimum atomic E-state index is -0.517. The topological polar surface area (TPSA) is 55.8 Å². The zero-order chi connectivity index (χ0) is 11.3. The van der Waals surface area contributed by atoms with Crippen LogP contribution in [0.1, 0.15) is 23.7 Å². The van der Waals surface area contributed by atoms with Gasteiger partial charge in [0, 0.05) is 6.07 Å². The molecule has 0 aliphatic rings. The van der Waals surface area contributed by atoms with Crippen LogP contribution in [0.25, 0.3) is 0 Å². The van der Waals surface area contributed by atoms with Crippen molar-refractivity contribution < 1.29 is 19.4 Å². The van der Waals surface area contributed by atoms with Crippen molar-refractivity contribution in [2.75, 3.05) is 13.7 Å². The van der Waals surface area contributed by atoms with Gasteiger partial charge in [-0.25, -0.2) is 4.79 Å². The fraction of sp³-hybridized carbons (Fsp3) is 0.364. The molecule has 82 valence electrons. The number of ether oxygens (including phenoxy) is 2. The van der Waals surface area contributed by atoms with Crippen LogP contribution in [0.3, 0.4) is 0 Å². The van der Waals surface area contributed by atoms with E-state index in [0.29, 0.717) is 12.4 Å². The van der Waals surface area contributed by atoms with Gasteiger partial charge in [0.15, 0.2) is 0 Å². The lowest BCUT2D eigenvalue weighted by atomic mass is 10.2. The fourth-order valence-electron chi connectivity index (χ4n) is 1.08. The lowest BCUT2D eigenvalue weighted by Crippen LogP contribution is -2.06. The first-order valence-corrected chi connectivity index (χ1v) is 4.73. The summed E-state index contributed by atoms with van der Waals surface area (Å²) in [4.78, 5) is 11.4. The molecule has 0 spiro atoms. The number of methoxy groups -OCH3 is 1. The van der Waals surface area contributed by atoms with E-state index in [1.165, 1.54) is 19.2 Å². The Balaban J connectivity index is 2.81. The smallest absolute Gasteiger partial charge is 0.341 e. The normalized spacial score (nSPS) is 9.73. The molecule has 0 saturated heterocycles. The number of phenols is 1. The largest absolute Gasteiger partial charge is 0.507 e. The van der Waals surface area contributed by atoms with Gasteiger partial charge in [-0.2, -0.15) is 0 Å². The van der Waals surface area contributed by atoms with E-state index < -0.39 is 5.97 Å². The summed E-state index contributed by atoms with van der Waals surface area (Å²) in [6.07, 6.45) is 0.753. The van der Waals surface area contributed by atoms with Crippen LogP contribution in [0.4, 0.5) is 0 Å². The quantitative estimate of drug-likeness (QED) is 0.772. The number of benzene rings is 1. The molecule has 0 radical (unpaired) electrons. The zero-order valence-corrected chi connectivity index (χ0v) is 8.82. The SMILES string of the molecule is CCCOC(=O)c1ccc(OC)cc1O. The van der Waals surface area contributed by atoms with Crippen molar-refractivity contribution in [2.24, 2.45) is 0 Å². The third-order valence-electron chi connectivity index (χ3n) is 1.86. The Morgan fingerprint density at radius 3 is 2.73 bits per heavy atom. The Kier molecular flexibility index (Phi) is 3.97. The molecule has 0 bridgehead atoms. The van der Waals surface area contributed by atoms with E-state index >= 15 is 0 Å². The van der Waals surface area contributed by atoms with Gasteiger partial charge in [-0.1, -0.05) is 6.92 Å². The summed E-state index contributed by atoms with van der Waals surface area (Å²) in [5, 5.41) is 9.51. The molecule has 0 amide bonds. The summed E-state index contributed by atoms with van der Waals surface area (Å²) in [6.45, 7) is 2.26. The predicted octanol–water partition coefficient (Wildman–Crippen LogP) is 1.97. The molecule has 0 heterocycles. The highest BCUT2D eigenvalue weighted by atomic mass is 16.5. The van der Waals surface area contributed by atoms with Gasteiger partial charge in [0.1, 0.15) is 17.1 Å². The maximum Gasteiger partial charge on any atom is 0.341 e. The number of carbonyl (C=O) groups is 1. The molecule has 0 aromatic heterocycles. The standard InChI is InChI=1S/C11H14O4/c1-3-6-15-11(13)9-5-4-8(14-2)7-10(9)12/h4-5,7,12H,3,6H2,1-2H3. The molecule has 0 fully saturated rings. The van der Waals surface area contributed by atoms with E-state index in [1.54, 1.807) is 6.07 Å². The molecule has 0 saturated carbocycles. The van der Waals surface area contributed by atoms with Crippen LogP contribution in [0, 0.1) is 0 Å². The van der Waals surface area contributed by atoms with Crippen molar-refractivity contribution in [3.05, 3.63) is 23.8 Å². The van der Waals surface area contributed by atoms with Gasteiger partial charge < -0.3 is 14.6 Å². The summed E-state index contributed by atoms with van der Waals surface area (Å²) >= 11 is 0. The molecular formula is C11H14O4. The average Bonchev–Trinajstić information content (AvgIpc) is 2.25. The third-order valence-corrected chi connectivity index (χ3v) is 1.86. The van der Waals surface area contributed by atoms with Gasteiger partial charge in [-0.15, -0.1) is 0 Å². The Morgan fingerprint density at radius 1 is 1.47 bits per heavy atom. The van der Waals surface area contributed by atoms with Gasteiger partial charge in [-0.3, -0.25) is 0 Å². The van der Waals surface area contributed by atoms with Crippen LogP contribution in [-0.4, -0.2) is 24.8 Å². The summed E-state index contributed by atoms with van der Waals surface area (Å²) in [6, 6.07) is 4.46. The highest BCUT2D eigenvalue weighted by molar-refractivity contribution is 5.92. The van der Waals surface area contributed by atoms with Gasteiger partial charge in [0.05, 0.1) is 13.7 Å². The number of rotatable bonds is 4. The highest BCUT2D eigenvalue weighted by Crippen LogP contribution is 2.23. The summed E-state index contributed by atoms with van der Waals surface area (Å²) in [7, 11) is 1.49. The van der Waals surface area contributed by atoms with Crippen LogP contribution in [0.2, 0.25) is 0 Å². The molecule has 1 aromatic rings. The minimum absolute atomic E-state index is 0.129. The predicted molar refractivity (Wildman–Crippen MR) is 55.2 cm³/mol. The number of phenolic OH excluding ortho intramolecular Hbond substituents is 1. The minimum Gasteiger partial charge on any atom is -0.507 e. The van der Waals surface area contributed by atoms with E-state index in [-0.39, 0.29) is 11.3 Å². The molecule has 0 atom stereocenters. The van der Waals surface area contributed by atoms with Crippen LogP contribution in [-0.2, 0) is 4.74 Å². The molecule has 4 heteroatoms. The highest BCUT2D eigenvalue weighted by Gasteiger charge is 2.12. The number of esters is 1. The van der Waals surface area contributed by atoms with Gasteiger partial charge in [-0.05, 0) is 18.6 Å². The molecule has 4 nitrogen and oxygen atoms in total. The van der Waals surface area contributed by atoms with Crippen LogP contribution < -0.4 is 4.74 Å². The Bertz CT molecular complexity index is 346. The second-order valence-electron chi connectivity index (χ2n) is 3.02. The molecule has 0 unspecified atom stereocenters. The molecule has 0 aliphatic heterocycles. The number of carbonyl (C=O) groups excluding carboxylic acids is 1. The Labute approximate surface area is 88.4 Å². The van der Waals surface area contributed by atoms with Crippen molar-refractivity contribution in [3.8, 4) is 11.5 Å². The second-order valence-corrected chi connectivity index (χ2v) is 3.02. The first kappa shape index (κ1) is 11.4. The van der Waals surface area contributed by atoms with Crippen LogP contribution >= 0.6 is 0 Å². The average molecular weight is 210 g/mol. The third kappa shape index (κ3) is 2.87. The summed E-state index contributed by atoms with van der Waals surface area (Å²) < 4.78 is 9.79. The van der Waals surface area contributed by atoms with Gasteiger partial charge >= 0.3 is 5.97 Å². The Morgan fingerprint density at radius 2 is 2.20 bits per heavy atom. The number of aromatic hydroxyl groups is 1. The van der Waals surface area contributed by atoms with E-state index in [9.17, 15) is 9.90 Å². The van der Waals surface area contributed by atoms with Gasteiger partial charge in [0.25, 0.3) is 0 Å². The lowest BCUT2D eigenvalue weighted by molar-refractivity contribution is 0.0502. The number of hydrogen-bond acceptors (Lipinski definition) is 4. The van der Waals surface area contributed by atoms with Crippen LogP contribution in [0.5, 0.6) is 11.5 Å². The first-order chi connectivity index (χ1) is 7.19. The van der Waals surface area contributed by atoms with Crippen molar-refractivity contribution in [1.29, 1.82) is 0 Å². The Hall–Kier alpha value is -1.71. The van der Waals surface area contributed by atoms with Crippen molar-refractivity contribution >= 4 is 5.97 Å². The summed E-state index contributed by atoms with van der Waals surface area (Å²) in [5.41, 5.74) is 0.157. The van der Waals surface area contributed by atoms with Crippen molar-refractivity contribution in [2.45, 2.75) is 13.3 Å². The summed E-state index contributed by atoms with van der Waals surface area (Å²) in [5.74, 6) is -0.146. The van der Waals surface area contributed by atoms with E-state index in [1.807, 2.05) is 6.92 Å². The zero-order valence-electron chi connectivity index (χ0n) is 8.82. The van der Waals surface area contributed by atoms with Gasteiger partial charge in [0.2, 0.25) is 0 Å². The lowest BCUT2D eigenvalue weighted by Gasteiger charge is -2.06. The van der Waals surface area contributed by atoms with E-state index in [0.717, 1.165) is 6.42 Å².